The molecule has 0 aliphatic rings. The third-order valence-electron chi connectivity index (χ3n) is 5.82. The molecular weight excluding hydrogens is 456 g/mol. The zero-order valence-corrected chi connectivity index (χ0v) is 20.9. The maximum absolute atomic E-state index is 14.8. The molecule has 0 bridgehead atoms. The molecule has 0 amide bonds. The van der Waals surface area contributed by atoms with Gasteiger partial charge >= 0.3 is 0 Å². The Morgan fingerprint density at radius 3 is 2.44 bits per heavy atom. The number of aliphatic hydroxyl groups excluding tert-OH is 1. The van der Waals surface area contributed by atoms with Gasteiger partial charge in [-0.15, -0.1) is 18.2 Å². The highest BCUT2D eigenvalue weighted by atomic mass is 35.5. The molecule has 0 saturated heterocycles. The third-order valence-corrected chi connectivity index (χ3v) is 5.82. The Kier molecular flexibility index (Phi) is 10.3. The summed E-state index contributed by atoms with van der Waals surface area (Å²) in [7, 11) is 1.88. The van der Waals surface area contributed by atoms with Crippen molar-refractivity contribution in [1.82, 2.24) is 15.6 Å². The van der Waals surface area contributed by atoms with Crippen LogP contribution in [0.5, 0.6) is 0 Å². The third kappa shape index (κ3) is 6.26. The summed E-state index contributed by atoms with van der Waals surface area (Å²) in [5, 5.41) is 18.2. The number of rotatable bonds is 10. The molecule has 0 fully saturated rings. The molecule has 3 aromatic rings. The maximum Gasteiger partial charge on any atom is 0.147 e. The first-order valence-corrected chi connectivity index (χ1v) is 11.9. The van der Waals surface area contributed by atoms with Crippen LogP contribution in [-0.2, 0) is 0 Å². The number of benzene rings is 2. The summed E-state index contributed by atoms with van der Waals surface area (Å²) in [4.78, 5) is 3.17. The molecule has 0 saturated carbocycles. The van der Waals surface area contributed by atoms with Gasteiger partial charge in [-0.3, -0.25) is 0 Å². The molecule has 3 unspecified atom stereocenters. The number of nitrogens with one attached hydrogen (secondary N) is 3. The van der Waals surface area contributed by atoms with Crippen molar-refractivity contribution in [1.29, 1.82) is 0 Å². The smallest absolute Gasteiger partial charge is 0.147 e. The van der Waals surface area contributed by atoms with Gasteiger partial charge in [-0.05, 0) is 80.0 Å². The summed E-state index contributed by atoms with van der Waals surface area (Å²) in [6, 6.07) is 9.34. The number of halogens is 3. The van der Waals surface area contributed by atoms with Gasteiger partial charge in [0.05, 0.1) is 17.3 Å². The van der Waals surface area contributed by atoms with Crippen LogP contribution < -0.4 is 10.6 Å². The molecule has 2 aromatic carbocycles. The number of alkyl halides is 1. The lowest BCUT2D eigenvalue weighted by Gasteiger charge is -2.26. The minimum absolute atomic E-state index is 0.0453. The van der Waals surface area contributed by atoms with Crippen LogP contribution in [0.2, 0.25) is 0 Å². The van der Waals surface area contributed by atoms with Crippen molar-refractivity contribution in [3.05, 3.63) is 84.1 Å². The predicted octanol–water partition coefficient (Wildman–Crippen LogP) is 6.01. The average molecular weight is 490 g/mol. The fraction of sp³-hybridized carbons (Fsp3) is 0.333. The van der Waals surface area contributed by atoms with Crippen LogP contribution in [0, 0.1) is 18.6 Å². The Morgan fingerprint density at radius 2 is 1.85 bits per heavy atom. The van der Waals surface area contributed by atoms with Gasteiger partial charge in [0.2, 0.25) is 0 Å². The molecule has 3 atom stereocenters. The van der Waals surface area contributed by atoms with Crippen LogP contribution in [0.4, 0.5) is 8.78 Å². The van der Waals surface area contributed by atoms with Gasteiger partial charge in [-0.1, -0.05) is 19.6 Å². The lowest BCUT2D eigenvalue weighted by atomic mass is 9.88. The molecule has 0 radical (unpaired) electrons. The van der Waals surface area contributed by atoms with Crippen LogP contribution in [0.3, 0.4) is 0 Å². The fourth-order valence-corrected chi connectivity index (χ4v) is 4.06. The fourth-order valence-electron chi connectivity index (χ4n) is 4.06. The quantitative estimate of drug-likeness (QED) is 0.208. The van der Waals surface area contributed by atoms with Gasteiger partial charge in [0.1, 0.15) is 11.6 Å². The summed E-state index contributed by atoms with van der Waals surface area (Å²) in [5.41, 5.74) is 3.73. The van der Waals surface area contributed by atoms with E-state index in [2.05, 4.69) is 40.4 Å². The van der Waals surface area contributed by atoms with E-state index in [4.69, 9.17) is 0 Å². The molecule has 184 valence electrons. The number of aromatic amines is 1. The van der Waals surface area contributed by atoms with Crippen molar-refractivity contribution in [2.45, 2.75) is 38.3 Å². The Labute approximate surface area is 205 Å². The zero-order chi connectivity index (χ0) is 25.4. The van der Waals surface area contributed by atoms with Crippen molar-refractivity contribution in [3.8, 4) is 11.3 Å². The van der Waals surface area contributed by atoms with Crippen molar-refractivity contribution >= 4 is 22.5 Å². The van der Waals surface area contributed by atoms with Crippen molar-refractivity contribution in [2.24, 2.45) is 0 Å². The summed E-state index contributed by atoms with van der Waals surface area (Å²) < 4.78 is 28.3. The minimum atomic E-state index is -0.936. The lowest BCUT2D eigenvalue weighted by Crippen LogP contribution is -2.35. The normalized spacial score (nSPS) is 13.5. The molecule has 34 heavy (non-hydrogen) atoms. The number of hydrogen-bond donors (Lipinski definition) is 4. The van der Waals surface area contributed by atoms with Gasteiger partial charge in [0.15, 0.2) is 0 Å². The Balaban J connectivity index is 0.00000199. The van der Waals surface area contributed by atoms with Gasteiger partial charge in [-0.2, -0.15) is 0 Å². The second-order valence-electron chi connectivity index (χ2n) is 8.23. The first-order chi connectivity index (χ1) is 16.3. The molecule has 3 rings (SSSR count). The van der Waals surface area contributed by atoms with Gasteiger partial charge < -0.3 is 20.7 Å². The van der Waals surface area contributed by atoms with E-state index in [9.17, 15) is 13.9 Å². The topological polar surface area (TPSA) is 60.1 Å². The second kappa shape index (κ2) is 12.7. The number of H-pyrrole nitrogens is 1. The molecule has 7 heteroatoms. The summed E-state index contributed by atoms with van der Waals surface area (Å²) in [6.07, 6.45) is 3.11. The minimum Gasteiger partial charge on any atom is -0.386 e. The van der Waals surface area contributed by atoms with Crippen molar-refractivity contribution < 1.29 is 13.9 Å². The molecule has 0 aliphatic heterocycles. The second-order valence-corrected chi connectivity index (χ2v) is 8.23. The number of aromatic nitrogens is 1. The van der Waals surface area contributed by atoms with E-state index in [0.717, 1.165) is 24.1 Å². The molecular formula is C27H34ClF2N3O. The molecule has 1 heterocycles. The Bertz CT molecular complexity index is 1110. The van der Waals surface area contributed by atoms with Crippen LogP contribution in [-0.4, -0.2) is 42.2 Å². The first kappa shape index (κ1) is 27.6. The van der Waals surface area contributed by atoms with E-state index in [1.54, 1.807) is 18.2 Å². The molecule has 1 aromatic heterocycles. The lowest BCUT2D eigenvalue weighted by molar-refractivity contribution is 0.176. The molecule has 0 aliphatic carbocycles. The highest BCUT2D eigenvalue weighted by molar-refractivity contribution is 6.15. The van der Waals surface area contributed by atoms with Gasteiger partial charge in [0, 0.05) is 29.4 Å². The number of fused-ring (bicyclic) bond motifs is 1. The van der Waals surface area contributed by atoms with Crippen LogP contribution in [0.25, 0.3) is 22.2 Å². The highest BCUT2D eigenvalue weighted by Crippen LogP contribution is 2.39. The first-order valence-electron chi connectivity index (χ1n) is 11.1. The standard InChI is InChI=1S/C26H31F2N3O.CH3Cl/c1-6-20(11-12-29-5)30-17(4)26(32)16(3)23-21-13-15(2)14-22(28)25(21)31-24(23)18-7-9-19(27)10-8-18;1-2/h6-10,13-14,16,20,26,29-32H,1,4,11-12H2,2-3,5H3;1H3. The summed E-state index contributed by atoms with van der Waals surface area (Å²) in [6.45, 7) is 12.4. The van der Waals surface area contributed by atoms with Crippen LogP contribution in [0.15, 0.2) is 61.3 Å². The van der Waals surface area contributed by atoms with E-state index >= 15 is 0 Å². The van der Waals surface area contributed by atoms with Gasteiger partial charge in [-0.25, -0.2) is 8.78 Å². The van der Waals surface area contributed by atoms with Gasteiger partial charge in [0.25, 0.3) is 0 Å². The number of aliphatic hydroxyl groups is 1. The van der Waals surface area contributed by atoms with Crippen LogP contribution >= 0.6 is 11.6 Å². The largest absolute Gasteiger partial charge is 0.386 e. The molecule has 4 nitrogen and oxygen atoms in total. The average Bonchev–Trinajstić information content (AvgIpc) is 3.22. The summed E-state index contributed by atoms with van der Waals surface area (Å²) in [5.74, 6) is -1.14. The molecule has 4 N–H and O–H groups in total. The SMILES string of the molecule is C=CC(CCNC)NC(=C)C(O)C(C)c1c(-c2ccc(F)cc2)[nH]c2c(F)cc(C)cc12.CCl. The van der Waals surface area contributed by atoms with E-state index in [0.29, 0.717) is 27.9 Å². The van der Waals surface area contributed by atoms with Crippen LogP contribution in [0.1, 0.15) is 30.4 Å². The number of aryl methyl sites for hydroxylation is 1. The van der Waals surface area contributed by atoms with Crippen molar-refractivity contribution in [2.75, 3.05) is 20.0 Å². The number of hydrogen-bond acceptors (Lipinski definition) is 3. The Hall–Kier alpha value is -2.67. The Morgan fingerprint density at radius 1 is 1.21 bits per heavy atom. The zero-order valence-electron chi connectivity index (χ0n) is 20.2. The van der Waals surface area contributed by atoms with Crippen molar-refractivity contribution in [3.63, 3.8) is 0 Å². The summed E-state index contributed by atoms with van der Waals surface area (Å²) >= 11 is 4.64. The monoisotopic (exact) mass is 489 g/mol. The highest BCUT2D eigenvalue weighted by Gasteiger charge is 2.27. The van der Waals surface area contributed by atoms with E-state index in [1.165, 1.54) is 24.6 Å². The maximum atomic E-state index is 14.8. The van der Waals surface area contributed by atoms with E-state index in [-0.39, 0.29) is 17.7 Å². The predicted molar refractivity (Wildman–Crippen MR) is 139 cm³/mol. The molecule has 0 spiro atoms. The van der Waals surface area contributed by atoms with E-state index in [1.807, 2.05) is 27.0 Å². The van der Waals surface area contributed by atoms with E-state index < -0.39 is 12.0 Å².